The van der Waals surface area contributed by atoms with Gasteiger partial charge in [0.25, 0.3) is 23.6 Å². The number of nitrogens with one attached hydrogen (secondary N) is 2. The Morgan fingerprint density at radius 3 is 1.34 bits per heavy atom. The van der Waals surface area contributed by atoms with Crippen LogP contribution < -0.4 is 10.6 Å². The number of aryl methyl sites for hydroxylation is 2. The lowest BCUT2D eigenvalue weighted by Crippen LogP contribution is -2.51. The fourth-order valence-electron chi connectivity index (χ4n) is 9.18. The van der Waals surface area contributed by atoms with E-state index in [0.717, 1.165) is 11.1 Å². The minimum atomic E-state index is -3.68. The molecule has 70 heavy (non-hydrogen) atoms. The average molecular weight is 997 g/mol. The van der Waals surface area contributed by atoms with Crippen molar-refractivity contribution in [3.63, 3.8) is 0 Å². The fourth-order valence-corrected chi connectivity index (χ4v) is 14.0. The van der Waals surface area contributed by atoms with Crippen LogP contribution in [0.4, 0.5) is 0 Å². The highest BCUT2D eigenvalue weighted by Gasteiger charge is 2.62. The van der Waals surface area contributed by atoms with Crippen LogP contribution in [-0.4, -0.2) is 127 Å². The van der Waals surface area contributed by atoms with Crippen LogP contribution in [0.5, 0.6) is 0 Å². The molecule has 2 aromatic heterocycles. The molecule has 0 unspecified atom stereocenters. The molecule has 2 aliphatic carbocycles. The maximum absolute atomic E-state index is 13.4. The topological polar surface area (TPSA) is 271 Å². The number of carbonyl (C=O) groups excluding carboxylic acids is 4. The van der Waals surface area contributed by atoms with E-state index in [0.29, 0.717) is 79.4 Å². The van der Waals surface area contributed by atoms with Crippen LogP contribution in [-0.2, 0) is 59.7 Å². The Hall–Kier alpha value is -6.42. The number of nitrogens with zero attached hydrogens (tertiary/aromatic N) is 8. The van der Waals surface area contributed by atoms with E-state index in [9.17, 15) is 41.1 Å². The van der Waals surface area contributed by atoms with Crippen molar-refractivity contribution in [2.75, 3.05) is 32.8 Å². The number of nitriles is 2. The molecule has 4 heterocycles. The summed E-state index contributed by atoms with van der Waals surface area (Å²) in [6.07, 6.45) is 3.34. The van der Waals surface area contributed by atoms with Crippen molar-refractivity contribution in [1.82, 2.24) is 40.0 Å². The van der Waals surface area contributed by atoms with E-state index in [2.05, 4.69) is 26.9 Å². The van der Waals surface area contributed by atoms with Crippen LogP contribution in [0.25, 0.3) is 0 Å². The Morgan fingerprint density at radius 1 is 0.671 bits per heavy atom. The summed E-state index contributed by atoms with van der Waals surface area (Å²) < 4.78 is 51.8. The Labute approximate surface area is 408 Å². The molecule has 0 saturated heterocycles. The summed E-state index contributed by atoms with van der Waals surface area (Å²) in [5.41, 5.74) is 4.90. The zero-order valence-electron chi connectivity index (χ0n) is 40.6. The summed E-state index contributed by atoms with van der Waals surface area (Å²) >= 11 is 0. The molecule has 372 valence electrons. The van der Waals surface area contributed by atoms with Gasteiger partial charge in [-0.25, -0.2) is 16.8 Å². The van der Waals surface area contributed by atoms with Crippen molar-refractivity contribution in [2.24, 2.45) is 14.1 Å². The Kier molecular flexibility index (Phi) is 14.0. The van der Waals surface area contributed by atoms with Crippen molar-refractivity contribution in [3.8, 4) is 12.1 Å². The smallest absolute Gasteiger partial charge is 0.272 e. The number of aliphatic hydroxyl groups is 1. The van der Waals surface area contributed by atoms with E-state index in [1.165, 1.54) is 28.1 Å². The van der Waals surface area contributed by atoms with Gasteiger partial charge in [-0.05, 0) is 108 Å². The lowest BCUT2D eigenvalue weighted by Gasteiger charge is -2.35. The summed E-state index contributed by atoms with van der Waals surface area (Å²) in [6, 6.07) is 17.9. The third-order valence-corrected chi connectivity index (χ3v) is 21.1. The molecule has 2 aliphatic heterocycles. The van der Waals surface area contributed by atoms with Crippen molar-refractivity contribution in [3.05, 3.63) is 105 Å². The molecule has 21 heteroatoms. The summed E-state index contributed by atoms with van der Waals surface area (Å²) in [5.74, 6) is -1.42. The van der Waals surface area contributed by atoms with Gasteiger partial charge in [-0.2, -0.15) is 20.7 Å². The number of hydrogen-bond donors (Lipinski definition) is 3. The van der Waals surface area contributed by atoms with Crippen molar-refractivity contribution >= 4 is 43.3 Å². The van der Waals surface area contributed by atoms with Gasteiger partial charge in [0, 0.05) is 64.5 Å². The van der Waals surface area contributed by atoms with Crippen LogP contribution in [0.15, 0.2) is 48.5 Å². The second kappa shape index (κ2) is 19.1. The third kappa shape index (κ3) is 9.34. The number of aliphatic hydroxyl groups excluding tert-OH is 1. The number of hydrogen-bond acceptors (Lipinski definition) is 13. The molecular formula is C49H60N10O9S2. The molecule has 0 bridgehead atoms. The largest absolute Gasteiger partial charge is 0.395 e. The van der Waals surface area contributed by atoms with E-state index >= 15 is 0 Å². The molecule has 2 aromatic carbocycles. The Morgan fingerprint density at radius 2 is 1.03 bits per heavy atom. The third-order valence-electron chi connectivity index (χ3n) is 14.4. The quantitative estimate of drug-likeness (QED) is 0.146. The lowest BCUT2D eigenvalue weighted by atomic mass is 10.0. The van der Waals surface area contributed by atoms with Crippen LogP contribution in [0.2, 0.25) is 0 Å². The van der Waals surface area contributed by atoms with Gasteiger partial charge >= 0.3 is 0 Å². The van der Waals surface area contributed by atoms with Crippen molar-refractivity contribution in [1.29, 1.82) is 10.5 Å². The van der Waals surface area contributed by atoms with E-state index in [4.69, 9.17) is 10.5 Å². The standard InChI is InChI=1S/C25H31N5O4S.C24H29N5O5S/c1-5-24(2,3)35(33,34)25(11-12-25)16-30-13-10-19-20(28-29(4)21(19)23(30)32)22(31)27-15-18-8-6-17(14-26)7-9-18;1-23(2,15-30)35(33,34)24(9-10-24)14-29-11-8-18-19(27-28(3)20(18)22(29)32)21(31)26-13-17-6-4-16(12-25)5-7-17/h6-9H,5,10-13,15-16H2,1-4H3,(H,27,31);4-7,30H,8-11,13-15H2,1-3H3,(H,26,31). The van der Waals surface area contributed by atoms with Crippen LogP contribution >= 0.6 is 0 Å². The Balaban J connectivity index is 0.000000206. The zero-order valence-corrected chi connectivity index (χ0v) is 42.3. The van der Waals surface area contributed by atoms with Gasteiger partial charge in [-0.15, -0.1) is 0 Å². The monoisotopic (exact) mass is 996 g/mol. The molecule has 2 fully saturated rings. The van der Waals surface area contributed by atoms with E-state index in [-0.39, 0.29) is 67.5 Å². The normalized spacial score (nSPS) is 17.0. The summed E-state index contributed by atoms with van der Waals surface area (Å²) in [7, 11) is -3.89. The molecule has 2 saturated carbocycles. The number of amides is 4. The van der Waals surface area contributed by atoms with Gasteiger partial charge in [-0.1, -0.05) is 31.2 Å². The second-order valence-corrected chi connectivity index (χ2v) is 25.9. The van der Waals surface area contributed by atoms with Gasteiger partial charge < -0.3 is 25.5 Å². The highest BCUT2D eigenvalue weighted by atomic mass is 32.2. The first kappa shape index (κ1) is 51.4. The first-order valence-electron chi connectivity index (χ1n) is 23.3. The van der Waals surface area contributed by atoms with Gasteiger partial charge in [-0.3, -0.25) is 28.5 Å². The first-order valence-corrected chi connectivity index (χ1v) is 26.2. The lowest BCUT2D eigenvalue weighted by molar-refractivity contribution is 0.0716. The maximum Gasteiger partial charge on any atom is 0.272 e. The predicted molar refractivity (Wildman–Crippen MR) is 258 cm³/mol. The number of rotatable bonds is 16. The number of carbonyl (C=O) groups is 4. The SMILES string of the molecule is CCC(C)(C)S(=O)(=O)C1(CN2CCc3c(C(=O)NCc4ccc(C#N)cc4)nn(C)c3C2=O)CC1.Cn1nc(C(=O)NCc2ccc(C#N)cc2)c2c1C(=O)N(CC1(S(=O)(=O)C(C)(C)CO)CC1)CC2. The maximum atomic E-state index is 13.4. The van der Waals surface area contributed by atoms with Gasteiger partial charge in [0.15, 0.2) is 31.1 Å². The van der Waals surface area contributed by atoms with Crippen LogP contribution in [0.1, 0.15) is 142 Å². The number of fused-ring (bicyclic) bond motifs is 2. The predicted octanol–water partition coefficient (Wildman–Crippen LogP) is 3.29. The van der Waals surface area contributed by atoms with Gasteiger partial charge in [0.2, 0.25) is 0 Å². The molecule has 8 rings (SSSR count). The molecule has 4 amide bonds. The summed E-state index contributed by atoms with van der Waals surface area (Å²) in [5, 5.41) is 41.7. The first-order chi connectivity index (χ1) is 32.9. The average Bonchev–Trinajstić information content (AvgIpc) is 4.26. The molecule has 0 atom stereocenters. The second-order valence-electron chi connectivity index (χ2n) is 19.9. The molecular weight excluding hydrogens is 937 g/mol. The molecule has 19 nitrogen and oxygen atoms in total. The summed E-state index contributed by atoms with van der Waals surface area (Å²) in [6.45, 7) is 9.26. The van der Waals surface area contributed by atoms with Crippen LogP contribution in [0.3, 0.4) is 0 Å². The Bertz CT molecular complexity index is 2840. The summed E-state index contributed by atoms with van der Waals surface area (Å²) in [4.78, 5) is 55.6. The molecule has 4 aliphatic rings. The fraction of sp³-hybridized carbons (Fsp3) is 0.510. The van der Waals surface area contributed by atoms with Crippen LogP contribution in [0, 0.1) is 22.7 Å². The molecule has 4 aromatic rings. The molecule has 0 radical (unpaired) electrons. The highest BCUT2D eigenvalue weighted by molar-refractivity contribution is 7.94. The van der Waals surface area contributed by atoms with E-state index in [1.807, 2.05) is 13.0 Å². The van der Waals surface area contributed by atoms with Crippen molar-refractivity contribution in [2.45, 2.75) is 112 Å². The molecule has 0 spiro atoms. The van der Waals surface area contributed by atoms with Gasteiger partial charge in [0.05, 0.1) is 48.9 Å². The highest BCUT2D eigenvalue weighted by Crippen LogP contribution is 2.51. The zero-order chi connectivity index (χ0) is 51.2. The van der Waals surface area contributed by atoms with E-state index in [1.54, 1.807) is 81.4 Å². The van der Waals surface area contributed by atoms with E-state index < -0.39 is 51.2 Å². The van der Waals surface area contributed by atoms with Crippen molar-refractivity contribution < 1.29 is 41.1 Å². The number of sulfone groups is 2. The number of benzene rings is 2. The number of aromatic nitrogens is 4. The van der Waals surface area contributed by atoms with Gasteiger partial charge in [0.1, 0.15) is 11.4 Å². The minimum absolute atomic E-state index is 0.0580. The molecule has 3 N–H and O–H groups in total. The minimum Gasteiger partial charge on any atom is -0.395 e.